The van der Waals surface area contributed by atoms with Gasteiger partial charge in [0.15, 0.2) is 11.6 Å². The number of pyridine rings is 1. The highest BCUT2D eigenvalue weighted by molar-refractivity contribution is 5.99. The highest BCUT2D eigenvalue weighted by Crippen LogP contribution is 2.44. The van der Waals surface area contributed by atoms with Crippen molar-refractivity contribution >= 4 is 0 Å². The minimum absolute atomic E-state index is 0.650. The van der Waals surface area contributed by atoms with E-state index in [4.69, 9.17) is 19.9 Å². The Labute approximate surface area is 384 Å². The topological polar surface area (TPSA) is 64.5 Å². The van der Waals surface area contributed by atoms with Crippen molar-refractivity contribution in [3.63, 3.8) is 0 Å². The van der Waals surface area contributed by atoms with Crippen LogP contribution < -0.4 is 0 Å². The van der Waals surface area contributed by atoms with E-state index in [1.807, 2.05) is 79.1 Å². The van der Waals surface area contributed by atoms with Gasteiger partial charge in [0.25, 0.3) is 0 Å². The van der Waals surface area contributed by atoms with Gasteiger partial charge in [-0.05, 0) is 63.2 Å². The van der Waals surface area contributed by atoms with E-state index in [9.17, 15) is 0 Å². The lowest BCUT2D eigenvalue weighted by Crippen LogP contribution is -1.98. The van der Waals surface area contributed by atoms with Gasteiger partial charge in [-0.15, -0.1) is 0 Å². The number of hydrogen-bond donors (Lipinski definition) is 0. The van der Waals surface area contributed by atoms with Crippen LogP contribution in [0.15, 0.2) is 249 Å². The summed E-state index contributed by atoms with van der Waals surface area (Å²) in [7, 11) is 0. The molecule has 0 saturated heterocycles. The van der Waals surface area contributed by atoms with E-state index in [0.717, 1.165) is 95.1 Å². The molecule has 0 aliphatic heterocycles. The van der Waals surface area contributed by atoms with Crippen LogP contribution in [0.2, 0.25) is 0 Å². The largest absolute Gasteiger partial charge is 0.264 e. The summed E-state index contributed by atoms with van der Waals surface area (Å²) < 4.78 is 0. The lowest BCUT2D eigenvalue weighted by atomic mass is 9.85. The molecule has 0 bridgehead atoms. The number of nitrogens with zero attached hydrogens (tertiary/aromatic N) is 5. The first-order valence-corrected chi connectivity index (χ1v) is 22.1. The molecule has 0 fully saturated rings. The summed E-state index contributed by atoms with van der Waals surface area (Å²) in [6.07, 6.45) is 3.75. The molecule has 8 aromatic carbocycles. The summed E-state index contributed by atoms with van der Waals surface area (Å²) in [5.41, 5.74) is 17.9. The lowest BCUT2D eigenvalue weighted by molar-refractivity contribution is 1.18. The monoisotopic (exact) mass is 843 g/mol. The Morgan fingerprint density at radius 2 is 0.636 bits per heavy atom. The maximum atomic E-state index is 5.32. The summed E-state index contributed by atoms with van der Waals surface area (Å²) in [6.45, 7) is 0. The zero-order valence-electron chi connectivity index (χ0n) is 35.9. The van der Waals surface area contributed by atoms with Crippen LogP contribution >= 0.6 is 0 Å². The van der Waals surface area contributed by atoms with Gasteiger partial charge in [-0.25, -0.2) is 19.9 Å². The number of benzene rings is 8. The van der Waals surface area contributed by atoms with Crippen molar-refractivity contribution in [1.29, 1.82) is 0 Å². The van der Waals surface area contributed by atoms with Crippen molar-refractivity contribution in [2.24, 2.45) is 0 Å². The number of rotatable bonds is 10. The van der Waals surface area contributed by atoms with Crippen LogP contribution in [0.3, 0.4) is 0 Å². The van der Waals surface area contributed by atoms with Crippen molar-refractivity contribution in [1.82, 2.24) is 24.9 Å². The van der Waals surface area contributed by atoms with Crippen LogP contribution in [0, 0.1) is 0 Å². The maximum Gasteiger partial charge on any atom is 0.160 e. The van der Waals surface area contributed by atoms with Crippen molar-refractivity contribution in [3.05, 3.63) is 249 Å². The SMILES string of the molecule is c1ccc(-c2ccc(-c3cc(-c4ccccc4-c4cccc(-c5cccnc5)c4-c4cccc(-c5nc(-c6ccccc6)cc(-c6ccccc6)n5)c4)nc(-c4ccccc4)n3)cc2)cc1. The van der Waals surface area contributed by atoms with E-state index in [1.54, 1.807) is 0 Å². The molecule has 0 aliphatic carbocycles. The zero-order chi connectivity index (χ0) is 44.1. The first kappa shape index (κ1) is 39.9. The van der Waals surface area contributed by atoms with Crippen LogP contribution in [-0.4, -0.2) is 24.9 Å². The van der Waals surface area contributed by atoms with Crippen molar-refractivity contribution < 1.29 is 0 Å². The molecule has 11 rings (SSSR count). The molecule has 3 aromatic heterocycles. The van der Waals surface area contributed by atoms with Gasteiger partial charge in [-0.3, -0.25) is 4.98 Å². The Kier molecular flexibility index (Phi) is 10.9. The molecule has 0 atom stereocenters. The van der Waals surface area contributed by atoms with E-state index in [2.05, 4.69) is 175 Å². The van der Waals surface area contributed by atoms with Crippen LogP contribution in [0.4, 0.5) is 0 Å². The van der Waals surface area contributed by atoms with Gasteiger partial charge < -0.3 is 0 Å². The molecule has 0 N–H and O–H groups in total. The smallest absolute Gasteiger partial charge is 0.160 e. The molecule has 11 aromatic rings. The maximum absolute atomic E-state index is 5.32. The highest BCUT2D eigenvalue weighted by Gasteiger charge is 2.20. The summed E-state index contributed by atoms with van der Waals surface area (Å²) in [5.74, 6) is 1.31. The third kappa shape index (κ3) is 8.21. The third-order valence-corrected chi connectivity index (χ3v) is 11.9. The lowest BCUT2D eigenvalue weighted by Gasteiger charge is -2.19. The third-order valence-electron chi connectivity index (χ3n) is 11.9. The summed E-state index contributed by atoms with van der Waals surface area (Å²) >= 11 is 0. The summed E-state index contributed by atoms with van der Waals surface area (Å²) in [6, 6.07) is 81.9. The van der Waals surface area contributed by atoms with E-state index in [-0.39, 0.29) is 0 Å². The second kappa shape index (κ2) is 18.0. The van der Waals surface area contributed by atoms with Gasteiger partial charge >= 0.3 is 0 Å². The molecule has 310 valence electrons. The minimum Gasteiger partial charge on any atom is -0.264 e. The van der Waals surface area contributed by atoms with Gasteiger partial charge in [0.1, 0.15) is 0 Å². The van der Waals surface area contributed by atoms with E-state index < -0.39 is 0 Å². The predicted molar refractivity (Wildman–Crippen MR) is 270 cm³/mol. The van der Waals surface area contributed by atoms with Crippen LogP contribution in [-0.2, 0) is 0 Å². The fourth-order valence-corrected chi connectivity index (χ4v) is 8.61. The molecule has 0 radical (unpaired) electrons. The van der Waals surface area contributed by atoms with Crippen molar-refractivity contribution in [2.75, 3.05) is 0 Å². The Morgan fingerprint density at radius 3 is 1.26 bits per heavy atom. The van der Waals surface area contributed by atoms with Crippen LogP contribution in [0.25, 0.3) is 112 Å². The van der Waals surface area contributed by atoms with E-state index in [0.29, 0.717) is 11.6 Å². The average molecular weight is 844 g/mol. The van der Waals surface area contributed by atoms with E-state index in [1.165, 1.54) is 5.56 Å². The average Bonchev–Trinajstić information content (AvgIpc) is 3.41. The molecule has 5 heteroatoms. The molecule has 0 aliphatic rings. The Morgan fingerprint density at radius 1 is 0.227 bits per heavy atom. The fraction of sp³-hybridized carbons (Fsp3) is 0. The molecule has 3 heterocycles. The molecule has 5 nitrogen and oxygen atoms in total. The first-order valence-electron chi connectivity index (χ1n) is 22.1. The van der Waals surface area contributed by atoms with Crippen molar-refractivity contribution in [3.8, 4) is 112 Å². The number of hydrogen-bond acceptors (Lipinski definition) is 5. The van der Waals surface area contributed by atoms with Gasteiger partial charge in [0.05, 0.1) is 22.8 Å². The molecular formula is C61H41N5. The summed E-state index contributed by atoms with van der Waals surface area (Å²) in [5, 5.41) is 0. The molecule has 0 unspecified atom stereocenters. The first-order chi connectivity index (χ1) is 32.7. The standard InChI is InChI=1S/C61H41N5/c1-5-18-42(19-6-1)43-33-35-46(36-34-43)57-40-58(66-60(63-57)47-24-11-4-12-25-47)53-30-14-13-29-52(53)54-32-16-31-51(50-28-17-37-62-41-50)59(54)48-26-15-27-49(38-48)61-64-55(44-20-7-2-8-21-44)39-56(65-61)45-22-9-3-10-23-45/h1-41H. The Bertz CT molecular complexity index is 3370. The van der Waals surface area contributed by atoms with Gasteiger partial charge in [0, 0.05) is 51.3 Å². The quantitative estimate of drug-likeness (QED) is 0.137. The molecule has 0 spiro atoms. The fourth-order valence-electron chi connectivity index (χ4n) is 8.61. The van der Waals surface area contributed by atoms with Crippen LogP contribution in [0.1, 0.15) is 0 Å². The summed E-state index contributed by atoms with van der Waals surface area (Å²) in [4.78, 5) is 25.5. The molecule has 66 heavy (non-hydrogen) atoms. The second-order valence-electron chi connectivity index (χ2n) is 16.1. The molecule has 0 amide bonds. The van der Waals surface area contributed by atoms with Gasteiger partial charge in [0.2, 0.25) is 0 Å². The van der Waals surface area contributed by atoms with Gasteiger partial charge in [-0.1, -0.05) is 212 Å². The minimum atomic E-state index is 0.650. The van der Waals surface area contributed by atoms with Gasteiger partial charge in [-0.2, -0.15) is 0 Å². The molecule has 0 saturated carbocycles. The van der Waals surface area contributed by atoms with E-state index >= 15 is 0 Å². The second-order valence-corrected chi connectivity index (χ2v) is 16.1. The highest BCUT2D eigenvalue weighted by atomic mass is 14.9. The zero-order valence-corrected chi connectivity index (χ0v) is 35.9. The Hall–Kier alpha value is -8.93. The van der Waals surface area contributed by atoms with Crippen LogP contribution in [0.5, 0.6) is 0 Å². The molecular weight excluding hydrogens is 803 g/mol. The predicted octanol–water partition coefficient (Wildman–Crippen LogP) is 15.3. The Balaban J connectivity index is 1.08. The van der Waals surface area contributed by atoms with Crippen molar-refractivity contribution in [2.45, 2.75) is 0 Å². The number of aromatic nitrogens is 5. The normalized spacial score (nSPS) is 11.0.